The van der Waals surface area contributed by atoms with Crippen LogP contribution in [0.3, 0.4) is 0 Å². The van der Waals surface area contributed by atoms with Gasteiger partial charge < -0.3 is 0 Å². The van der Waals surface area contributed by atoms with Crippen LogP contribution in [-0.2, 0) is 9.05 Å². The Balaban J connectivity index is 3.43. The van der Waals surface area contributed by atoms with E-state index in [1.807, 2.05) is 0 Å². The number of nitrogens with zero attached hydrogens (tertiary/aromatic N) is 1. The van der Waals surface area contributed by atoms with Crippen LogP contribution >= 0.6 is 42.5 Å². The number of rotatable bonds is 1. The van der Waals surface area contributed by atoms with Crippen molar-refractivity contribution in [2.45, 2.75) is 5.03 Å². The van der Waals surface area contributed by atoms with Gasteiger partial charge in [0.1, 0.15) is 4.60 Å². The second-order valence-electron chi connectivity index (χ2n) is 1.86. The van der Waals surface area contributed by atoms with E-state index in [2.05, 4.69) is 36.8 Å². The molecule has 66 valence electrons. The van der Waals surface area contributed by atoms with Crippen molar-refractivity contribution in [3.8, 4) is 0 Å². The molecule has 0 aromatic carbocycles. The van der Waals surface area contributed by atoms with Crippen LogP contribution < -0.4 is 0 Å². The zero-order chi connectivity index (χ0) is 9.35. The van der Waals surface area contributed by atoms with Crippen LogP contribution in [0, 0.1) is 0 Å². The van der Waals surface area contributed by atoms with Gasteiger partial charge in [0.05, 0.1) is 4.47 Å². The van der Waals surface area contributed by atoms with Gasteiger partial charge in [-0.3, -0.25) is 0 Å². The van der Waals surface area contributed by atoms with Crippen molar-refractivity contribution in [1.29, 1.82) is 0 Å². The first-order chi connectivity index (χ1) is 5.41. The van der Waals surface area contributed by atoms with E-state index in [-0.39, 0.29) is 5.03 Å². The molecule has 0 bridgehead atoms. The Labute approximate surface area is 90.8 Å². The number of halogens is 3. The Morgan fingerprint density at radius 1 is 1.33 bits per heavy atom. The SMILES string of the molecule is O=S(=O)(Cl)c1nc(Br)ccc1Br. The maximum Gasteiger partial charge on any atom is 0.279 e. The molecule has 0 unspecified atom stereocenters. The lowest BCUT2D eigenvalue weighted by molar-refractivity contribution is 0.605. The molecule has 0 aliphatic heterocycles. The number of hydrogen-bond donors (Lipinski definition) is 0. The van der Waals surface area contributed by atoms with Crippen LogP contribution in [0.5, 0.6) is 0 Å². The van der Waals surface area contributed by atoms with Gasteiger partial charge in [0, 0.05) is 10.7 Å². The lowest BCUT2D eigenvalue weighted by Gasteiger charge is -1.98. The standard InChI is InChI=1S/C5H2Br2ClNO2S/c6-3-1-2-4(7)9-5(3)12(8,10)11/h1-2H. The van der Waals surface area contributed by atoms with Crippen molar-refractivity contribution in [2.24, 2.45) is 0 Å². The molecule has 12 heavy (non-hydrogen) atoms. The van der Waals surface area contributed by atoms with Gasteiger partial charge in [-0.15, -0.1) is 0 Å². The van der Waals surface area contributed by atoms with Gasteiger partial charge in [-0.25, -0.2) is 13.4 Å². The molecular formula is C5H2Br2ClNO2S. The lowest BCUT2D eigenvalue weighted by Crippen LogP contribution is -1.96. The van der Waals surface area contributed by atoms with Gasteiger partial charge in [-0.2, -0.15) is 0 Å². The van der Waals surface area contributed by atoms with Crippen molar-refractivity contribution >= 4 is 51.6 Å². The molecule has 0 saturated heterocycles. The highest BCUT2D eigenvalue weighted by atomic mass is 79.9. The topological polar surface area (TPSA) is 47.0 Å². The largest absolute Gasteiger partial charge is 0.279 e. The summed E-state index contributed by atoms with van der Waals surface area (Å²) in [6.07, 6.45) is 0. The van der Waals surface area contributed by atoms with Crippen LogP contribution in [0.25, 0.3) is 0 Å². The Morgan fingerprint density at radius 2 is 1.92 bits per heavy atom. The minimum Gasteiger partial charge on any atom is -0.227 e. The minimum atomic E-state index is -3.77. The maximum atomic E-state index is 10.9. The Morgan fingerprint density at radius 3 is 2.33 bits per heavy atom. The summed E-state index contributed by atoms with van der Waals surface area (Å²) in [6.45, 7) is 0. The summed E-state index contributed by atoms with van der Waals surface area (Å²) in [5.74, 6) is 0. The van der Waals surface area contributed by atoms with Crippen LogP contribution in [0.1, 0.15) is 0 Å². The highest BCUT2D eigenvalue weighted by Crippen LogP contribution is 2.24. The van der Waals surface area contributed by atoms with Crippen LogP contribution in [-0.4, -0.2) is 13.4 Å². The van der Waals surface area contributed by atoms with Crippen molar-refractivity contribution in [2.75, 3.05) is 0 Å². The van der Waals surface area contributed by atoms with Crippen molar-refractivity contribution in [1.82, 2.24) is 4.98 Å². The maximum absolute atomic E-state index is 10.9. The van der Waals surface area contributed by atoms with E-state index in [1.165, 1.54) is 0 Å². The van der Waals surface area contributed by atoms with Crippen LogP contribution in [0.4, 0.5) is 0 Å². The van der Waals surface area contributed by atoms with E-state index in [9.17, 15) is 8.42 Å². The summed E-state index contributed by atoms with van der Waals surface area (Å²) < 4.78 is 22.5. The molecule has 0 spiro atoms. The molecule has 1 aromatic rings. The molecule has 1 aromatic heterocycles. The average Bonchev–Trinajstić information content (AvgIpc) is 1.92. The molecule has 3 nitrogen and oxygen atoms in total. The van der Waals surface area contributed by atoms with E-state index in [4.69, 9.17) is 10.7 Å². The van der Waals surface area contributed by atoms with E-state index in [0.717, 1.165) is 0 Å². The summed E-state index contributed by atoms with van der Waals surface area (Å²) in [6, 6.07) is 3.15. The van der Waals surface area contributed by atoms with E-state index in [0.29, 0.717) is 9.08 Å². The average molecular weight is 335 g/mol. The third-order valence-electron chi connectivity index (χ3n) is 1.01. The van der Waals surface area contributed by atoms with Gasteiger partial charge >= 0.3 is 0 Å². The highest BCUT2D eigenvalue weighted by Gasteiger charge is 2.16. The second kappa shape index (κ2) is 3.61. The summed E-state index contributed by atoms with van der Waals surface area (Å²) in [7, 11) is 1.32. The zero-order valence-electron chi connectivity index (χ0n) is 5.46. The molecule has 0 fully saturated rings. The highest BCUT2D eigenvalue weighted by molar-refractivity contribution is 9.11. The fourth-order valence-corrected chi connectivity index (χ4v) is 3.00. The summed E-state index contributed by atoms with van der Waals surface area (Å²) in [5.41, 5.74) is 0. The molecule has 0 amide bonds. The molecule has 7 heteroatoms. The molecule has 0 N–H and O–H groups in total. The summed E-state index contributed by atoms with van der Waals surface area (Å²) >= 11 is 6.05. The Hall–Kier alpha value is 0.350. The fraction of sp³-hybridized carbons (Fsp3) is 0. The first-order valence-corrected chi connectivity index (χ1v) is 6.57. The Kier molecular flexibility index (Phi) is 3.14. The van der Waals surface area contributed by atoms with Gasteiger partial charge in [-0.05, 0) is 44.0 Å². The van der Waals surface area contributed by atoms with Gasteiger partial charge in [-0.1, -0.05) is 0 Å². The number of aromatic nitrogens is 1. The summed E-state index contributed by atoms with van der Waals surface area (Å²) in [4.78, 5) is 3.69. The van der Waals surface area contributed by atoms with Crippen LogP contribution in [0.2, 0.25) is 0 Å². The molecule has 0 saturated carbocycles. The van der Waals surface area contributed by atoms with Gasteiger partial charge in [0.2, 0.25) is 0 Å². The Bertz CT molecular complexity index is 406. The lowest BCUT2D eigenvalue weighted by atomic mass is 10.5. The quantitative estimate of drug-likeness (QED) is 0.585. The van der Waals surface area contributed by atoms with E-state index < -0.39 is 9.05 Å². The van der Waals surface area contributed by atoms with Crippen molar-refractivity contribution in [3.05, 3.63) is 21.2 Å². The van der Waals surface area contributed by atoms with Crippen molar-refractivity contribution < 1.29 is 8.42 Å². The molecule has 0 radical (unpaired) electrons. The molecular weight excluding hydrogens is 333 g/mol. The molecule has 0 aliphatic rings. The normalized spacial score (nSPS) is 11.6. The number of hydrogen-bond acceptors (Lipinski definition) is 3. The number of pyridine rings is 1. The molecule has 0 aliphatic carbocycles. The predicted molar refractivity (Wildman–Crippen MR) is 52.7 cm³/mol. The molecule has 1 heterocycles. The first kappa shape index (κ1) is 10.4. The van der Waals surface area contributed by atoms with Gasteiger partial charge in [0.25, 0.3) is 9.05 Å². The predicted octanol–water partition coefficient (Wildman–Crippen LogP) is 2.53. The second-order valence-corrected chi connectivity index (χ2v) is 6.01. The zero-order valence-corrected chi connectivity index (χ0v) is 10.2. The monoisotopic (exact) mass is 333 g/mol. The fourth-order valence-electron chi connectivity index (χ4n) is 0.572. The first-order valence-electron chi connectivity index (χ1n) is 2.68. The minimum absolute atomic E-state index is 0.182. The van der Waals surface area contributed by atoms with Crippen LogP contribution in [0.15, 0.2) is 26.2 Å². The van der Waals surface area contributed by atoms with Gasteiger partial charge in [0.15, 0.2) is 5.03 Å². The third-order valence-corrected chi connectivity index (χ3v) is 3.57. The summed E-state index contributed by atoms with van der Waals surface area (Å²) in [5, 5.41) is -0.182. The molecule has 1 rings (SSSR count). The van der Waals surface area contributed by atoms with E-state index >= 15 is 0 Å². The molecule has 0 atom stereocenters. The smallest absolute Gasteiger partial charge is 0.227 e. The van der Waals surface area contributed by atoms with E-state index in [1.54, 1.807) is 12.1 Å². The van der Waals surface area contributed by atoms with Crippen molar-refractivity contribution in [3.63, 3.8) is 0 Å². The third kappa shape index (κ3) is 2.42.